The number of anilines is 3. The smallest absolute Gasteiger partial charge is 0.258 e. The number of nitrogens with one attached hydrogen (secondary N) is 3. The second kappa shape index (κ2) is 11.3. The summed E-state index contributed by atoms with van der Waals surface area (Å²) in [7, 11) is 1.85. The van der Waals surface area contributed by atoms with E-state index in [0.29, 0.717) is 24.4 Å². The molecule has 2 aliphatic rings. The fraction of sp³-hybridized carbons (Fsp3) is 0.370. The van der Waals surface area contributed by atoms with E-state index in [0.717, 1.165) is 54.3 Å². The molecule has 0 atom stereocenters. The molecule has 3 aromatic rings. The zero-order chi connectivity index (χ0) is 25.2. The van der Waals surface area contributed by atoms with Crippen molar-refractivity contribution in [3.05, 3.63) is 70.7 Å². The molecule has 3 heterocycles. The number of halogens is 2. The molecule has 0 spiro atoms. The molecule has 0 unspecified atom stereocenters. The van der Waals surface area contributed by atoms with Gasteiger partial charge in [-0.05, 0) is 68.6 Å². The first-order valence-electron chi connectivity index (χ1n) is 12.4. The highest BCUT2D eigenvalue weighted by Gasteiger charge is 2.27. The van der Waals surface area contributed by atoms with Gasteiger partial charge in [0.25, 0.3) is 5.91 Å². The Morgan fingerprint density at radius 1 is 1.16 bits per heavy atom. The quantitative estimate of drug-likeness (QED) is 0.463. The minimum absolute atomic E-state index is 0. The lowest BCUT2D eigenvalue weighted by Gasteiger charge is -2.23. The largest absolute Gasteiger partial charge is 0.352 e. The number of aromatic nitrogens is 2. The molecule has 196 valence electrons. The number of benzene rings is 2. The third kappa shape index (κ3) is 5.78. The summed E-state index contributed by atoms with van der Waals surface area (Å²) in [4.78, 5) is 27.6. The zero-order valence-electron chi connectivity index (χ0n) is 21.0. The van der Waals surface area contributed by atoms with Gasteiger partial charge in [-0.15, -0.1) is 12.4 Å². The van der Waals surface area contributed by atoms with Crippen molar-refractivity contribution in [2.75, 3.05) is 23.3 Å². The number of piperidine rings is 1. The van der Waals surface area contributed by atoms with E-state index in [1.165, 1.54) is 6.07 Å². The van der Waals surface area contributed by atoms with Crippen LogP contribution in [0.2, 0.25) is 0 Å². The number of rotatable bonds is 5. The molecule has 2 amide bonds. The number of amides is 2. The summed E-state index contributed by atoms with van der Waals surface area (Å²) in [5, 5.41) is 13.8. The van der Waals surface area contributed by atoms with Crippen molar-refractivity contribution in [3.63, 3.8) is 0 Å². The Labute approximate surface area is 222 Å². The fourth-order valence-corrected chi connectivity index (χ4v) is 4.90. The van der Waals surface area contributed by atoms with Gasteiger partial charge < -0.3 is 20.9 Å². The molecule has 3 N–H and O–H groups in total. The van der Waals surface area contributed by atoms with E-state index >= 15 is 4.39 Å². The Bertz CT molecular complexity index is 1300. The third-order valence-electron chi connectivity index (χ3n) is 6.99. The van der Waals surface area contributed by atoms with Crippen LogP contribution in [0.1, 0.15) is 46.3 Å². The minimum Gasteiger partial charge on any atom is -0.352 e. The van der Waals surface area contributed by atoms with Gasteiger partial charge in [-0.1, -0.05) is 12.1 Å². The molecule has 5 rings (SSSR count). The van der Waals surface area contributed by atoms with Crippen molar-refractivity contribution in [1.82, 2.24) is 20.4 Å². The Morgan fingerprint density at radius 2 is 1.95 bits per heavy atom. The van der Waals surface area contributed by atoms with Crippen molar-refractivity contribution in [3.8, 4) is 0 Å². The van der Waals surface area contributed by atoms with Crippen LogP contribution in [-0.4, -0.2) is 34.7 Å². The molecule has 1 fully saturated rings. The van der Waals surface area contributed by atoms with Gasteiger partial charge in [0.15, 0.2) is 0 Å². The summed E-state index contributed by atoms with van der Waals surface area (Å²) >= 11 is 0. The second-order valence-corrected chi connectivity index (χ2v) is 9.66. The Morgan fingerprint density at radius 3 is 2.70 bits per heavy atom. The fourth-order valence-electron chi connectivity index (χ4n) is 4.90. The molecular weight excluding hydrogens is 495 g/mol. The Balaban J connectivity index is 0.00000320. The van der Waals surface area contributed by atoms with Crippen molar-refractivity contribution in [2.45, 2.75) is 39.3 Å². The molecule has 37 heavy (non-hydrogen) atoms. The second-order valence-electron chi connectivity index (χ2n) is 9.66. The summed E-state index contributed by atoms with van der Waals surface area (Å²) in [5.41, 5.74) is 4.03. The normalized spacial score (nSPS) is 15.1. The maximum atomic E-state index is 15.0. The number of nitrogens with zero attached hydrogens (tertiary/aromatic N) is 3. The molecule has 10 heteroatoms. The maximum absolute atomic E-state index is 15.0. The van der Waals surface area contributed by atoms with Crippen LogP contribution in [0.15, 0.2) is 42.6 Å². The zero-order valence-corrected chi connectivity index (χ0v) is 21.8. The number of hydrogen-bond acceptors (Lipinski definition) is 5. The first kappa shape index (κ1) is 26.6. The van der Waals surface area contributed by atoms with Gasteiger partial charge in [-0.25, -0.2) is 4.39 Å². The van der Waals surface area contributed by atoms with Gasteiger partial charge in [0.05, 0.1) is 24.1 Å². The van der Waals surface area contributed by atoms with Crippen molar-refractivity contribution in [2.24, 2.45) is 13.0 Å². The maximum Gasteiger partial charge on any atom is 0.258 e. The SMILES string of the molecule is Cc1ccc2c(c1)Nc1c(cnn1C)CN2C(=O)c1ccc(CNC(=O)CC2CCNCC2)c(F)c1.Cl. The van der Waals surface area contributed by atoms with E-state index in [4.69, 9.17) is 0 Å². The lowest BCUT2D eigenvalue weighted by Crippen LogP contribution is -2.32. The van der Waals surface area contributed by atoms with Crippen LogP contribution >= 0.6 is 12.4 Å². The van der Waals surface area contributed by atoms with Crippen molar-refractivity contribution < 1.29 is 14.0 Å². The molecule has 0 radical (unpaired) electrons. The Hall–Kier alpha value is -3.43. The molecule has 1 saturated heterocycles. The van der Waals surface area contributed by atoms with Crippen LogP contribution in [-0.2, 0) is 24.9 Å². The first-order chi connectivity index (χ1) is 17.4. The summed E-state index contributed by atoms with van der Waals surface area (Å²) in [5.74, 6) is 0.295. The summed E-state index contributed by atoms with van der Waals surface area (Å²) in [6, 6.07) is 10.3. The number of carbonyl (C=O) groups is 2. The molecule has 0 saturated carbocycles. The Kier molecular flexibility index (Phi) is 8.14. The van der Waals surface area contributed by atoms with Gasteiger partial charge in [0, 0.05) is 36.7 Å². The molecule has 8 nitrogen and oxygen atoms in total. The van der Waals surface area contributed by atoms with E-state index < -0.39 is 5.82 Å². The summed E-state index contributed by atoms with van der Waals surface area (Å²) in [6.07, 6.45) is 4.15. The van der Waals surface area contributed by atoms with E-state index in [9.17, 15) is 9.59 Å². The lowest BCUT2D eigenvalue weighted by atomic mass is 9.94. The van der Waals surface area contributed by atoms with Crippen molar-refractivity contribution in [1.29, 1.82) is 0 Å². The molecule has 2 aliphatic heterocycles. The van der Waals surface area contributed by atoms with Crippen LogP contribution in [0, 0.1) is 18.7 Å². The van der Waals surface area contributed by atoms with E-state index in [-0.39, 0.29) is 36.3 Å². The van der Waals surface area contributed by atoms with Crippen molar-refractivity contribution >= 4 is 41.4 Å². The molecule has 0 aliphatic carbocycles. The van der Waals surface area contributed by atoms with Crippen LogP contribution in [0.25, 0.3) is 0 Å². The van der Waals surface area contributed by atoms with Crippen LogP contribution in [0.5, 0.6) is 0 Å². The predicted octanol–water partition coefficient (Wildman–Crippen LogP) is 4.20. The summed E-state index contributed by atoms with van der Waals surface area (Å²) in [6.45, 7) is 4.26. The van der Waals surface area contributed by atoms with Gasteiger partial charge in [0.2, 0.25) is 5.91 Å². The van der Waals surface area contributed by atoms with Gasteiger partial charge in [0.1, 0.15) is 11.6 Å². The number of carbonyl (C=O) groups excluding carboxylic acids is 2. The minimum atomic E-state index is -0.512. The number of hydrogen-bond donors (Lipinski definition) is 3. The average molecular weight is 527 g/mol. The number of aryl methyl sites for hydroxylation is 2. The standard InChI is InChI=1S/C27H31FN6O2.ClH/c1-17-3-6-24-23(11-17)32-26-21(15-31-33(26)2)16-34(24)27(36)19-4-5-20(22(28)13-19)14-30-25(35)12-18-7-9-29-10-8-18;/h3-6,11,13,15,18,29,32H,7-10,12,14,16H2,1-2H3,(H,30,35);1H. The first-order valence-corrected chi connectivity index (χ1v) is 12.4. The van der Waals surface area contributed by atoms with Gasteiger partial charge in [-0.3, -0.25) is 14.3 Å². The molecule has 2 aromatic carbocycles. The van der Waals surface area contributed by atoms with Crippen LogP contribution in [0.3, 0.4) is 0 Å². The van der Waals surface area contributed by atoms with Crippen LogP contribution in [0.4, 0.5) is 21.6 Å². The van der Waals surface area contributed by atoms with Crippen LogP contribution < -0.4 is 20.9 Å². The average Bonchev–Trinajstić information content (AvgIpc) is 3.12. The lowest BCUT2D eigenvalue weighted by molar-refractivity contribution is -0.122. The van der Waals surface area contributed by atoms with E-state index in [1.807, 2.05) is 32.2 Å². The highest BCUT2D eigenvalue weighted by Crippen LogP contribution is 2.37. The topological polar surface area (TPSA) is 91.3 Å². The highest BCUT2D eigenvalue weighted by molar-refractivity contribution is 6.08. The third-order valence-corrected chi connectivity index (χ3v) is 6.99. The monoisotopic (exact) mass is 526 g/mol. The van der Waals surface area contributed by atoms with Gasteiger partial charge >= 0.3 is 0 Å². The molecule has 0 bridgehead atoms. The number of fused-ring (bicyclic) bond motifs is 2. The molecular formula is C27H32ClFN6O2. The van der Waals surface area contributed by atoms with E-state index in [1.54, 1.807) is 27.9 Å². The highest BCUT2D eigenvalue weighted by atomic mass is 35.5. The summed E-state index contributed by atoms with van der Waals surface area (Å²) < 4.78 is 16.7. The predicted molar refractivity (Wildman–Crippen MR) is 144 cm³/mol. The van der Waals surface area contributed by atoms with Gasteiger partial charge in [-0.2, -0.15) is 5.10 Å². The van der Waals surface area contributed by atoms with E-state index in [2.05, 4.69) is 21.0 Å². The molecule has 1 aromatic heterocycles.